The van der Waals surface area contributed by atoms with E-state index in [0.717, 1.165) is 60.5 Å². The summed E-state index contributed by atoms with van der Waals surface area (Å²) in [7, 11) is -2.18. The molecular weight excluding hydrogens is 379 g/mol. The van der Waals surface area contributed by atoms with Crippen LogP contribution in [0.15, 0.2) is 12.2 Å². The van der Waals surface area contributed by atoms with E-state index < -0.39 is 8.60 Å². The van der Waals surface area contributed by atoms with E-state index in [1.807, 2.05) is 0 Å². The van der Waals surface area contributed by atoms with Crippen molar-refractivity contribution in [1.82, 2.24) is 0 Å². The van der Waals surface area contributed by atoms with Gasteiger partial charge in [-0.05, 0) is 0 Å². The van der Waals surface area contributed by atoms with Gasteiger partial charge in [-0.2, -0.15) is 0 Å². The van der Waals surface area contributed by atoms with E-state index in [1.165, 1.54) is 12.0 Å². The Morgan fingerprint density at radius 2 is 2.31 bits per heavy atom. The summed E-state index contributed by atoms with van der Waals surface area (Å²) in [4.78, 5) is 18.0. The summed E-state index contributed by atoms with van der Waals surface area (Å²) in [6.07, 6.45) is 3.17. The summed E-state index contributed by atoms with van der Waals surface area (Å²) < 4.78 is 4.83. The molecule has 2 atom stereocenters. The van der Waals surface area contributed by atoms with Gasteiger partial charge in [0.2, 0.25) is 0 Å². The zero-order chi connectivity index (χ0) is 9.84. The molecule has 1 saturated carbocycles. The maximum absolute atomic E-state index is 8.60. The van der Waals surface area contributed by atoms with E-state index >= 15 is 0 Å². The van der Waals surface area contributed by atoms with Crippen LogP contribution in [0.5, 0.6) is 0 Å². The Bertz CT molecular complexity index is 191. The van der Waals surface area contributed by atoms with Gasteiger partial charge in [-0.1, -0.05) is 0 Å². The van der Waals surface area contributed by atoms with Crippen LogP contribution < -0.4 is 0 Å². The standard InChI is InChI=1S/C7H13O3PSe.Ba/c1-5-6(2-3-7(5)12)4-10-11(8)9;/h6-9,12H,1-4H2;/q;+1/p-1. The average Bonchev–Trinajstić information content (AvgIpc) is 2.43. The molecule has 3 nitrogen and oxygen atoms in total. The molecule has 0 amide bonds. The normalized spacial score (nSPS) is 28.6. The molecule has 0 saturated heterocycles. The minimum absolute atomic E-state index is 0.375. The van der Waals surface area contributed by atoms with Gasteiger partial charge >= 0.3 is 114 Å². The Balaban J connectivity index is 2.33. The van der Waals surface area contributed by atoms with Gasteiger partial charge in [0, 0.05) is 0 Å². The van der Waals surface area contributed by atoms with Gasteiger partial charge in [0.1, 0.15) is 0 Å². The van der Waals surface area contributed by atoms with Crippen molar-refractivity contribution in [2.45, 2.75) is 17.7 Å². The number of rotatable bonds is 4. The summed E-state index contributed by atoms with van der Waals surface area (Å²) in [5.74, 6) is 0.375. The van der Waals surface area contributed by atoms with Crippen LogP contribution in [0.1, 0.15) is 12.8 Å². The zero-order valence-corrected chi connectivity index (χ0v) is 14.4. The first-order valence-corrected chi connectivity index (χ1v) is 16.8. The quantitative estimate of drug-likeness (QED) is 0.423. The molecule has 13 heavy (non-hydrogen) atoms. The Kier molecular flexibility index (Phi) is 6.77. The van der Waals surface area contributed by atoms with Crippen molar-refractivity contribution in [2.75, 3.05) is 6.61 Å². The molecule has 0 heterocycles. The molecule has 2 N–H and O–H groups in total. The van der Waals surface area contributed by atoms with Crippen LogP contribution >= 0.6 is 8.60 Å². The van der Waals surface area contributed by atoms with Gasteiger partial charge < -0.3 is 0 Å². The molecule has 0 bridgehead atoms. The molecule has 0 aromatic rings. The van der Waals surface area contributed by atoms with Gasteiger partial charge in [0.25, 0.3) is 0 Å². The van der Waals surface area contributed by atoms with Crippen molar-refractivity contribution in [3.8, 4) is 0 Å². The van der Waals surface area contributed by atoms with Gasteiger partial charge in [-0.3, -0.25) is 0 Å². The summed E-state index contributed by atoms with van der Waals surface area (Å²) in [6, 6.07) is 0. The van der Waals surface area contributed by atoms with Crippen LogP contribution in [0.25, 0.3) is 0 Å². The minimum atomic E-state index is -2.18. The maximum atomic E-state index is 8.60. The summed E-state index contributed by atoms with van der Waals surface area (Å²) in [5.41, 5.74) is 1.30. The van der Waals surface area contributed by atoms with Crippen LogP contribution in [0.2, 0.25) is 4.82 Å². The van der Waals surface area contributed by atoms with Crippen LogP contribution in [0, 0.1) is 5.92 Å². The van der Waals surface area contributed by atoms with Crippen molar-refractivity contribution in [2.24, 2.45) is 5.92 Å². The average molecular weight is 391 g/mol. The van der Waals surface area contributed by atoms with E-state index in [9.17, 15) is 0 Å². The predicted molar refractivity (Wildman–Crippen MR) is 54.4 cm³/mol. The van der Waals surface area contributed by atoms with Gasteiger partial charge in [0.15, 0.2) is 0 Å². The molecule has 0 aliphatic heterocycles. The topological polar surface area (TPSA) is 49.7 Å². The van der Waals surface area contributed by atoms with Crippen LogP contribution in [-0.2, 0) is 4.52 Å². The van der Waals surface area contributed by atoms with Crippen LogP contribution in [0.3, 0.4) is 0 Å². The molecule has 0 spiro atoms. The summed E-state index contributed by atoms with van der Waals surface area (Å²) in [6.45, 7) is 4.52. The molecule has 0 aromatic heterocycles. The predicted octanol–water partition coefficient (Wildman–Crippen LogP) is 0.757. The third-order valence-electron chi connectivity index (χ3n) is 2.31. The molecule has 6 heteroatoms. The van der Waals surface area contributed by atoms with E-state index in [4.69, 9.17) is 14.3 Å². The SMILES string of the molecule is C=C1C(COP(O)O)CCC1[Se][Ba]. The second-order valence-corrected chi connectivity index (χ2v) is 11.1. The molecule has 1 rings (SSSR count). The second kappa shape index (κ2) is 6.67. The van der Waals surface area contributed by atoms with Gasteiger partial charge in [-0.25, -0.2) is 0 Å². The molecule has 1 fully saturated rings. The molecule has 1 aliphatic carbocycles. The fraction of sp³-hybridized carbons (Fsp3) is 0.714. The Morgan fingerprint density at radius 3 is 2.77 bits per heavy atom. The van der Waals surface area contributed by atoms with E-state index in [1.54, 1.807) is 0 Å². The fourth-order valence-electron chi connectivity index (χ4n) is 1.52. The van der Waals surface area contributed by atoms with Gasteiger partial charge in [-0.15, -0.1) is 0 Å². The summed E-state index contributed by atoms with van der Waals surface area (Å²) in [5, 5.41) is 0. The van der Waals surface area contributed by atoms with E-state index in [0.29, 0.717) is 12.5 Å². The fourth-order valence-corrected chi connectivity index (χ4v) is 9.54. The molecular formula is C7H12BaO3PSe. The van der Waals surface area contributed by atoms with Crippen molar-refractivity contribution >= 4 is 57.8 Å². The molecule has 2 unspecified atom stereocenters. The third kappa shape index (κ3) is 4.25. The molecule has 71 valence electrons. The number of hydrogen-bond acceptors (Lipinski definition) is 3. The first kappa shape index (κ1) is 13.2. The van der Waals surface area contributed by atoms with E-state index in [2.05, 4.69) is 6.58 Å². The summed E-state index contributed by atoms with van der Waals surface area (Å²) >= 11 is 0.901. The van der Waals surface area contributed by atoms with Crippen LogP contribution in [-0.4, -0.2) is 65.6 Å². The molecule has 1 radical (unpaired) electrons. The first-order valence-electron chi connectivity index (χ1n) is 4.05. The third-order valence-corrected chi connectivity index (χ3v) is 11.2. The van der Waals surface area contributed by atoms with Crippen molar-refractivity contribution in [3.05, 3.63) is 12.2 Å². The van der Waals surface area contributed by atoms with Crippen LogP contribution in [0.4, 0.5) is 0 Å². The van der Waals surface area contributed by atoms with Crippen molar-refractivity contribution < 1.29 is 14.3 Å². The zero-order valence-electron chi connectivity index (χ0n) is 7.35. The molecule has 1 aliphatic rings. The van der Waals surface area contributed by atoms with E-state index in [-0.39, 0.29) is 0 Å². The Hall–Kier alpha value is 2.14. The van der Waals surface area contributed by atoms with Gasteiger partial charge in [0.05, 0.1) is 0 Å². The molecule has 0 aromatic carbocycles. The first-order chi connectivity index (χ1) is 6.15. The Labute approximate surface area is 113 Å². The Morgan fingerprint density at radius 1 is 1.62 bits per heavy atom. The number of hydrogen-bond donors (Lipinski definition) is 2. The monoisotopic (exact) mass is 393 g/mol. The second-order valence-electron chi connectivity index (χ2n) is 3.05. The van der Waals surface area contributed by atoms with Crippen molar-refractivity contribution in [1.29, 1.82) is 0 Å². The van der Waals surface area contributed by atoms with Crippen molar-refractivity contribution in [3.63, 3.8) is 0 Å².